The third-order valence-corrected chi connectivity index (χ3v) is 5.61. The monoisotopic (exact) mass is 289 g/mol. The lowest BCUT2D eigenvalue weighted by molar-refractivity contribution is -0.166. The summed E-state index contributed by atoms with van der Waals surface area (Å²) in [7, 11) is 0. The Bertz CT molecular complexity index is 554. The van der Waals surface area contributed by atoms with E-state index >= 15 is 0 Å². The van der Waals surface area contributed by atoms with E-state index in [0.29, 0.717) is 18.4 Å². The first-order chi connectivity index (χ1) is 9.99. The highest BCUT2D eigenvalue weighted by atomic mass is 16.5. The minimum absolute atomic E-state index is 0.107. The molecule has 0 radical (unpaired) electrons. The Balaban J connectivity index is 2.01. The Kier molecular flexibility index (Phi) is 3.54. The molecule has 3 rings (SSSR count). The molecule has 1 aliphatic carbocycles. The Labute approximate surface area is 125 Å². The predicted molar refractivity (Wildman–Crippen MR) is 79.7 cm³/mol. The largest absolute Gasteiger partial charge is 0.506 e. The molecular weight excluding hydrogens is 266 g/mol. The normalized spacial score (nSPS) is 39.0. The number of rotatable bonds is 2. The SMILES string of the molecule is CC1=CC(C)C2(CO)COC(c3ccc(O)cn3)C1C2C. The molecule has 2 bridgehead atoms. The van der Waals surface area contributed by atoms with Crippen LogP contribution in [0.4, 0.5) is 0 Å². The molecule has 4 nitrogen and oxygen atoms in total. The van der Waals surface area contributed by atoms with E-state index < -0.39 is 0 Å². The van der Waals surface area contributed by atoms with Crippen molar-refractivity contribution in [1.29, 1.82) is 0 Å². The van der Waals surface area contributed by atoms with Crippen LogP contribution in [-0.4, -0.2) is 28.4 Å². The number of allylic oxidation sites excluding steroid dienone is 1. The smallest absolute Gasteiger partial charge is 0.133 e. The number of hydrogen-bond acceptors (Lipinski definition) is 4. The molecule has 114 valence electrons. The van der Waals surface area contributed by atoms with Crippen LogP contribution in [0.25, 0.3) is 0 Å². The number of hydrogen-bond donors (Lipinski definition) is 2. The fraction of sp³-hybridized carbons (Fsp3) is 0.588. The second-order valence-electron chi connectivity index (χ2n) is 6.58. The van der Waals surface area contributed by atoms with Crippen LogP contribution in [0.15, 0.2) is 30.0 Å². The Hall–Kier alpha value is -1.39. The summed E-state index contributed by atoms with van der Waals surface area (Å²) in [6.45, 7) is 7.20. The molecule has 1 aromatic rings. The lowest BCUT2D eigenvalue weighted by Crippen LogP contribution is -2.54. The molecule has 1 fully saturated rings. The zero-order valence-electron chi connectivity index (χ0n) is 12.8. The van der Waals surface area contributed by atoms with Gasteiger partial charge in [-0.1, -0.05) is 25.5 Å². The fourth-order valence-corrected chi connectivity index (χ4v) is 4.12. The first kappa shape index (κ1) is 14.5. The third kappa shape index (κ3) is 2.09. The van der Waals surface area contributed by atoms with Crippen molar-refractivity contribution in [3.8, 4) is 5.75 Å². The summed E-state index contributed by atoms with van der Waals surface area (Å²) in [6.07, 6.45) is 3.63. The highest BCUT2D eigenvalue weighted by Gasteiger charge is 2.53. The molecule has 1 aromatic heterocycles. The average Bonchev–Trinajstić information content (AvgIpc) is 2.46. The first-order valence-corrected chi connectivity index (χ1v) is 7.55. The van der Waals surface area contributed by atoms with Crippen molar-refractivity contribution in [2.75, 3.05) is 13.2 Å². The zero-order valence-corrected chi connectivity index (χ0v) is 12.8. The van der Waals surface area contributed by atoms with Gasteiger partial charge in [0.15, 0.2) is 0 Å². The van der Waals surface area contributed by atoms with E-state index in [1.54, 1.807) is 6.07 Å². The highest BCUT2D eigenvalue weighted by Crippen LogP contribution is 2.55. The molecule has 2 N–H and O–H groups in total. The van der Waals surface area contributed by atoms with Crippen LogP contribution in [0.1, 0.15) is 32.6 Å². The van der Waals surface area contributed by atoms with Crippen molar-refractivity contribution in [2.45, 2.75) is 26.9 Å². The molecule has 0 aromatic carbocycles. The summed E-state index contributed by atoms with van der Waals surface area (Å²) < 4.78 is 6.13. The van der Waals surface area contributed by atoms with Crippen LogP contribution < -0.4 is 0 Å². The number of pyridine rings is 1. The van der Waals surface area contributed by atoms with E-state index in [1.807, 2.05) is 6.07 Å². The summed E-state index contributed by atoms with van der Waals surface area (Å²) in [5.41, 5.74) is 1.95. The Morgan fingerprint density at radius 2 is 2.14 bits per heavy atom. The van der Waals surface area contributed by atoms with Gasteiger partial charge >= 0.3 is 0 Å². The quantitative estimate of drug-likeness (QED) is 0.822. The number of fused-ring (bicyclic) bond motifs is 2. The molecule has 2 aliphatic rings. The van der Waals surface area contributed by atoms with Crippen LogP contribution in [0.2, 0.25) is 0 Å². The van der Waals surface area contributed by atoms with Crippen LogP contribution >= 0.6 is 0 Å². The number of nitrogens with zero attached hydrogens (tertiary/aromatic N) is 1. The van der Waals surface area contributed by atoms with Crippen LogP contribution in [0.5, 0.6) is 5.75 Å². The molecule has 4 heteroatoms. The summed E-state index contributed by atoms with van der Waals surface area (Å²) in [5, 5.41) is 19.4. The number of aliphatic hydroxyl groups excluding tert-OH is 1. The van der Waals surface area contributed by atoms with Gasteiger partial charge < -0.3 is 14.9 Å². The fourth-order valence-electron chi connectivity index (χ4n) is 4.12. The number of aliphatic hydroxyl groups is 1. The summed E-state index contributed by atoms with van der Waals surface area (Å²) in [6, 6.07) is 3.47. The maximum Gasteiger partial charge on any atom is 0.133 e. The van der Waals surface area contributed by atoms with Crippen LogP contribution in [-0.2, 0) is 4.74 Å². The van der Waals surface area contributed by atoms with E-state index in [-0.39, 0.29) is 29.8 Å². The van der Waals surface area contributed by atoms with Gasteiger partial charge in [-0.05, 0) is 30.9 Å². The van der Waals surface area contributed by atoms with E-state index in [9.17, 15) is 10.2 Å². The van der Waals surface area contributed by atoms with Gasteiger partial charge in [-0.2, -0.15) is 0 Å². The predicted octanol–water partition coefficient (Wildman–Crippen LogP) is 2.69. The van der Waals surface area contributed by atoms with Crippen molar-refractivity contribution in [3.05, 3.63) is 35.7 Å². The molecule has 0 saturated carbocycles. The van der Waals surface area contributed by atoms with Gasteiger partial charge in [0.25, 0.3) is 0 Å². The number of aromatic nitrogens is 1. The van der Waals surface area contributed by atoms with Gasteiger partial charge in [0.2, 0.25) is 0 Å². The zero-order chi connectivity index (χ0) is 15.2. The molecular formula is C17H23NO3. The number of aromatic hydroxyl groups is 1. The van der Waals surface area contributed by atoms with Gasteiger partial charge in [-0.3, -0.25) is 4.98 Å². The molecule has 0 amide bonds. The molecule has 21 heavy (non-hydrogen) atoms. The highest BCUT2D eigenvalue weighted by molar-refractivity contribution is 5.26. The first-order valence-electron chi connectivity index (χ1n) is 7.55. The summed E-state index contributed by atoms with van der Waals surface area (Å²) in [4.78, 5) is 4.32. The van der Waals surface area contributed by atoms with Crippen molar-refractivity contribution >= 4 is 0 Å². The van der Waals surface area contributed by atoms with Gasteiger partial charge in [-0.15, -0.1) is 0 Å². The summed E-state index contributed by atoms with van der Waals surface area (Å²) in [5.74, 6) is 1.02. The van der Waals surface area contributed by atoms with Gasteiger partial charge in [0.05, 0.1) is 25.1 Å². The Morgan fingerprint density at radius 1 is 1.38 bits per heavy atom. The van der Waals surface area contributed by atoms with Crippen LogP contribution in [0.3, 0.4) is 0 Å². The van der Waals surface area contributed by atoms with E-state index in [1.165, 1.54) is 11.8 Å². The Morgan fingerprint density at radius 3 is 2.76 bits per heavy atom. The van der Waals surface area contributed by atoms with E-state index in [2.05, 4.69) is 31.8 Å². The van der Waals surface area contributed by atoms with Crippen molar-refractivity contribution in [2.24, 2.45) is 23.2 Å². The molecule has 5 atom stereocenters. The molecule has 1 saturated heterocycles. The number of ether oxygens (including phenoxy) is 1. The second-order valence-corrected chi connectivity index (χ2v) is 6.58. The summed E-state index contributed by atoms with van der Waals surface area (Å²) >= 11 is 0. The lowest BCUT2D eigenvalue weighted by Gasteiger charge is -2.54. The maximum absolute atomic E-state index is 9.96. The second kappa shape index (κ2) is 5.11. The minimum atomic E-state index is -0.197. The van der Waals surface area contributed by atoms with Crippen molar-refractivity contribution in [3.63, 3.8) is 0 Å². The van der Waals surface area contributed by atoms with E-state index in [0.717, 1.165) is 5.69 Å². The maximum atomic E-state index is 9.96. The lowest BCUT2D eigenvalue weighted by atomic mass is 9.56. The molecule has 1 aliphatic heterocycles. The van der Waals surface area contributed by atoms with Crippen molar-refractivity contribution < 1.29 is 14.9 Å². The minimum Gasteiger partial charge on any atom is -0.506 e. The molecule has 2 heterocycles. The van der Waals surface area contributed by atoms with Crippen molar-refractivity contribution in [1.82, 2.24) is 4.98 Å². The van der Waals surface area contributed by atoms with Gasteiger partial charge in [0, 0.05) is 11.3 Å². The topological polar surface area (TPSA) is 62.6 Å². The average molecular weight is 289 g/mol. The molecule has 0 spiro atoms. The standard InChI is InChI=1S/C17H23NO3/c1-10-6-11(2)17(8-19)9-21-16(15(10)12(17)3)14-5-4-13(20)7-18-14/h4-7,11-12,15-16,19-20H,8-9H2,1-3H3. The van der Waals surface area contributed by atoms with Crippen LogP contribution in [0, 0.1) is 23.2 Å². The van der Waals surface area contributed by atoms with Gasteiger partial charge in [-0.25, -0.2) is 0 Å². The molecule has 5 unspecified atom stereocenters. The van der Waals surface area contributed by atoms with E-state index in [4.69, 9.17) is 4.74 Å². The van der Waals surface area contributed by atoms with Gasteiger partial charge in [0.1, 0.15) is 11.9 Å². The third-order valence-electron chi connectivity index (χ3n) is 5.61.